The molecule has 1 amide bonds. The van der Waals surface area contributed by atoms with Gasteiger partial charge in [0.2, 0.25) is 0 Å². The maximum Gasteiger partial charge on any atom is 0.260 e. The smallest absolute Gasteiger partial charge is 0.260 e. The van der Waals surface area contributed by atoms with E-state index in [1.165, 1.54) is 6.07 Å². The van der Waals surface area contributed by atoms with Crippen molar-refractivity contribution >= 4 is 5.91 Å². The summed E-state index contributed by atoms with van der Waals surface area (Å²) < 4.78 is 1.69. The molecule has 2 aromatic heterocycles. The van der Waals surface area contributed by atoms with E-state index < -0.39 is 11.5 Å². The first-order valence-corrected chi connectivity index (χ1v) is 5.39. The van der Waals surface area contributed by atoms with Crippen molar-refractivity contribution in [3.05, 3.63) is 45.9 Å². The van der Waals surface area contributed by atoms with E-state index in [2.05, 4.69) is 20.5 Å². The average molecular weight is 247 g/mol. The van der Waals surface area contributed by atoms with Crippen LogP contribution in [-0.2, 0) is 13.6 Å². The third-order valence-electron chi connectivity index (χ3n) is 2.51. The van der Waals surface area contributed by atoms with Gasteiger partial charge in [-0.15, -0.1) is 10.2 Å². The van der Waals surface area contributed by atoms with Crippen LogP contribution in [0.5, 0.6) is 0 Å². The Balaban J connectivity index is 2.09. The zero-order valence-corrected chi connectivity index (χ0v) is 10.1. The third kappa shape index (κ3) is 2.45. The second-order valence-electron chi connectivity index (χ2n) is 3.92. The van der Waals surface area contributed by atoms with Crippen LogP contribution < -0.4 is 10.9 Å². The maximum absolute atomic E-state index is 11.8. The van der Waals surface area contributed by atoms with Gasteiger partial charge in [0.1, 0.15) is 11.9 Å². The Morgan fingerprint density at radius 1 is 1.50 bits per heavy atom. The number of aromatic nitrogens is 4. The largest absolute Gasteiger partial charge is 0.345 e. The minimum Gasteiger partial charge on any atom is -0.345 e. The molecule has 0 aliphatic carbocycles. The summed E-state index contributed by atoms with van der Waals surface area (Å²) in [5, 5.41) is 10.1. The van der Waals surface area contributed by atoms with Crippen LogP contribution in [0.25, 0.3) is 0 Å². The fourth-order valence-electron chi connectivity index (χ4n) is 1.47. The molecule has 0 aromatic carbocycles. The molecule has 94 valence electrons. The molecule has 0 bridgehead atoms. The highest BCUT2D eigenvalue weighted by Crippen LogP contribution is 1.95. The monoisotopic (exact) mass is 247 g/mol. The molecule has 2 N–H and O–H groups in total. The standard InChI is InChI=1S/C11H13N5O2/c1-7-3-4-8(11(18)14-7)10(17)12-5-9-15-13-6-16(9)2/h3-4,6H,5H2,1-2H3,(H,12,17)(H,14,18). The van der Waals surface area contributed by atoms with Crippen molar-refractivity contribution in [1.82, 2.24) is 25.1 Å². The first kappa shape index (κ1) is 12.0. The average Bonchev–Trinajstić information content (AvgIpc) is 2.72. The molecule has 18 heavy (non-hydrogen) atoms. The highest BCUT2D eigenvalue weighted by atomic mass is 16.2. The van der Waals surface area contributed by atoms with E-state index in [1.54, 1.807) is 30.9 Å². The molecule has 2 rings (SSSR count). The number of carbonyl (C=O) groups is 1. The molecular formula is C11H13N5O2. The third-order valence-corrected chi connectivity index (χ3v) is 2.51. The lowest BCUT2D eigenvalue weighted by Gasteiger charge is -2.04. The number of H-pyrrole nitrogens is 1. The summed E-state index contributed by atoms with van der Waals surface area (Å²) in [5.74, 6) is 0.186. The second kappa shape index (κ2) is 4.82. The summed E-state index contributed by atoms with van der Waals surface area (Å²) in [6.45, 7) is 1.98. The van der Waals surface area contributed by atoms with Gasteiger partial charge in [-0.2, -0.15) is 0 Å². The molecule has 0 spiro atoms. The van der Waals surface area contributed by atoms with Crippen molar-refractivity contribution in [2.75, 3.05) is 0 Å². The molecule has 2 heterocycles. The minimum atomic E-state index is -0.431. The van der Waals surface area contributed by atoms with Crippen molar-refractivity contribution in [2.45, 2.75) is 13.5 Å². The Kier molecular flexibility index (Phi) is 3.22. The fraction of sp³-hybridized carbons (Fsp3) is 0.273. The predicted molar refractivity (Wildman–Crippen MR) is 64.0 cm³/mol. The topological polar surface area (TPSA) is 92.7 Å². The fourth-order valence-corrected chi connectivity index (χ4v) is 1.47. The first-order valence-electron chi connectivity index (χ1n) is 5.39. The number of nitrogens with one attached hydrogen (secondary N) is 2. The van der Waals surface area contributed by atoms with Crippen molar-refractivity contribution in [2.24, 2.45) is 7.05 Å². The van der Waals surface area contributed by atoms with Crippen LogP contribution in [0.2, 0.25) is 0 Å². The molecule has 0 aliphatic rings. The zero-order valence-electron chi connectivity index (χ0n) is 10.1. The van der Waals surface area contributed by atoms with Gasteiger partial charge < -0.3 is 14.9 Å². The van der Waals surface area contributed by atoms with Gasteiger partial charge in [0.25, 0.3) is 11.5 Å². The molecule has 0 radical (unpaired) electrons. The molecule has 2 aromatic rings. The highest BCUT2D eigenvalue weighted by molar-refractivity contribution is 5.93. The molecule has 0 saturated heterocycles. The first-order chi connectivity index (χ1) is 8.58. The Morgan fingerprint density at radius 3 is 2.89 bits per heavy atom. The van der Waals surface area contributed by atoms with E-state index in [1.807, 2.05) is 0 Å². The molecular weight excluding hydrogens is 234 g/mol. The van der Waals surface area contributed by atoms with Crippen LogP contribution in [0.3, 0.4) is 0 Å². The normalized spacial score (nSPS) is 10.3. The number of amides is 1. The van der Waals surface area contributed by atoms with E-state index >= 15 is 0 Å². The number of rotatable bonds is 3. The highest BCUT2D eigenvalue weighted by Gasteiger charge is 2.11. The summed E-state index contributed by atoms with van der Waals surface area (Å²) in [4.78, 5) is 25.9. The van der Waals surface area contributed by atoms with Gasteiger partial charge in [0.15, 0.2) is 5.82 Å². The molecule has 7 heteroatoms. The Labute approximate surface area is 103 Å². The molecule has 0 atom stereocenters. The quantitative estimate of drug-likeness (QED) is 0.781. The van der Waals surface area contributed by atoms with E-state index in [9.17, 15) is 9.59 Å². The number of aryl methyl sites for hydroxylation is 2. The van der Waals surface area contributed by atoms with Crippen molar-refractivity contribution < 1.29 is 4.79 Å². The summed E-state index contributed by atoms with van der Waals surface area (Å²) in [7, 11) is 1.78. The molecule has 7 nitrogen and oxygen atoms in total. The number of hydrogen-bond donors (Lipinski definition) is 2. The van der Waals surface area contributed by atoms with Crippen LogP contribution in [0.4, 0.5) is 0 Å². The lowest BCUT2D eigenvalue weighted by Crippen LogP contribution is -2.30. The van der Waals surface area contributed by atoms with Gasteiger partial charge in [-0.25, -0.2) is 0 Å². The maximum atomic E-state index is 11.8. The predicted octanol–water partition coefficient (Wildman–Crippen LogP) is -0.258. The van der Waals surface area contributed by atoms with Crippen LogP contribution in [0, 0.1) is 6.92 Å². The lowest BCUT2D eigenvalue weighted by atomic mass is 10.2. The van der Waals surface area contributed by atoms with E-state index in [-0.39, 0.29) is 12.1 Å². The Bertz CT molecular complexity index is 628. The van der Waals surface area contributed by atoms with Gasteiger partial charge in [-0.05, 0) is 19.1 Å². The van der Waals surface area contributed by atoms with Crippen molar-refractivity contribution in [3.8, 4) is 0 Å². The molecule has 0 unspecified atom stereocenters. The van der Waals surface area contributed by atoms with E-state index in [0.717, 1.165) is 0 Å². The summed E-state index contributed by atoms with van der Waals surface area (Å²) in [6, 6.07) is 3.18. The Morgan fingerprint density at radius 2 is 2.28 bits per heavy atom. The second-order valence-corrected chi connectivity index (χ2v) is 3.92. The van der Waals surface area contributed by atoms with Crippen molar-refractivity contribution in [1.29, 1.82) is 0 Å². The molecule has 0 saturated carbocycles. The number of nitrogens with zero attached hydrogens (tertiary/aromatic N) is 3. The minimum absolute atomic E-state index is 0.0859. The van der Waals surface area contributed by atoms with E-state index in [4.69, 9.17) is 0 Å². The summed E-state index contributed by atoms with van der Waals surface area (Å²) in [5.41, 5.74) is 0.401. The SMILES string of the molecule is Cc1ccc(C(=O)NCc2nncn2C)c(=O)[nH]1. The van der Waals surface area contributed by atoms with Gasteiger partial charge in [0, 0.05) is 12.7 Å². The molecule has 0 aliphatic heterocycles. The van der Waals surface area contributed by atoms with Crippen LogP contribution >= 0.6 is 0 Å². The van der Waals surface area contributed by atoms with Gasteiger partial charge in [-0.3, -0.25) is 9.59 Å². The number of carbonyl (C=O) groups excluding carboxylic acids is 1. The Hall–Kier alpha value is -2.44. The number of hydrogen-bond acceptors (Lipinski definition) is 4. The lowest BCUT2D eigenvalue weighted by molar-refractivity contribution is 0.0948. The van der Waals surface area contributed by atoms with Gasteiger partial charge >= 0.3 is 0 Å². The van der Waals surface area contributed by atoms with Gasteiger partial charge in [0.05, 0.1) is 6.54 Å². The summed E-state index contributed by atoms with van der Waals surface area (Å²) in [6.07, 6.45) is 1.54. The van der Waals surface area contributed by atoms with Gasteiger partial charge in [-0.1, -0.05) is 0 Å². The summed E-state index contributed by atoms with van der Waals surface area (Å²) >= 11 is 0. The zero-order chi connectivity index (χ0) is 13.1. The van der Waals surface area contributed by atoms with Crippen molar-refractivity contribution in [3.63, 3.8) is 0 Å². The number of aromatic amines is 1. The van der Waals surface area contributed by atoms with E-state index in [0.29, 0.717) is 11.5 Å². The molecule has 0 fully saturated rings. The van der Waals surface area contributed by atoms with Crippen LogP contribution in [0.15, 0.2) is 23.3 Å². The van der Waals surface area contributed by atoms with Crippen LogP contribution in [0.1, 0.15) is 21.9 Å². The number of pyridine rings is 1. The van der Waals surface area contributed by atoms with Crippen LogP contribution in [-0.4, -0.2) is 25.7 Å².